The molecule has 0 unspecified atom stereocenters. The highest BCUT2D eigenvalue weighted by Gasteiger charge is 2.16. The first-order valence-electron chi connectivity index (χ1n) is 8.33. The minimum Gasteiger partial charge on any atom is -0.372 e. The molecule has 0 fully saturated rings. The lowest BCUT2D eigenvalue weighted by molar-refractivity contribution is 0.0830. The molecule has 25 heavy (non-hydrogen) atoms. The Bertz CT molecular complexity index is 1100. The number of benzene rings is 2. The van der Waals surface area contributed by atoms with Crippen molar-refractivity contribution in [2.24, 2.45) is 0 Å². The summed E-state index contributed by atoms with van der Waals surface area (Å²) in [6, 6.07) is 12.4. The zero-order chi connectivity index (χ0) is 16.8. The van der Waals surface area contributed by atoms with Gasteiger partial charge in [0, 0.05) is 17.6 Å². The SMILES string of the molecule is Cc1cccc(Nc2ncnc3cc4c(cc23)nc2n4CCOC2)c1. The van der Waals surface area contributed by atoms with Gasteiger partial charge in [-0.2, -0.15) is 0 Å². The molecule has 0 aliphatic carbocycles. The van der Waals surface area contributed by atoms with Gasteiger partial charge in [-0.05, 0) is 36.8 Å². The molecular weight excluding hydrogens is 314 g/mol. The average molecular weight is 331 g/mol. The van der Waals surface area contributed by atoms with Gasteiger partial charge in [0.05, 0.1) is 23.2 Å². The maximum Gasteiger partial charge on any atom is 0.141 e. The molecule has 3 heterocycles. The van der Waals surface area contributed by atoms with Gasteiger partial charge in [0.1, 0.15) is 24.6 Å². The van der Waals surface area contributed by atoms with E-state index in [1.54, 1.807) is 6.33 Å². The Kier molecular flexibility index (Phi) is 3.18. The zero-order valence-electron chi connectivity index (χ0n) is 13.9. The molecule has 0 saturated heterocycles. The van der Waals surface area contributed by atoms with Crippen molar-refractivity contribution < 1.29 is 4.74 Å². The van der Waals surface area contributed by atoms with E-state index in [1.807, 2.05) is 12.1 Å². The summed E-state index contributed by atoms with van der Waals surface area (Å²) in [5.74, 6) is 1.76. The fourth-order valence-corrected chi connectivity index (χ4v) is 3.36. The number of nitrogens with one attached hydrogen (secondary N) is 1. The summed E-state index contributed by atoms with van der Waals surface area (Å²) in [5.41, 5.74) is 5.18. The van der Waals surface area contributed by atoms with Gasteiger partial charge < -0.3 is 14.6 Å². The quantitative estimate of drug-likeness (QED) is 0.608. The highest BCUT2D eigenvalue weighted by molar-refractivity contribution is 5.99. The van der Waals surface area contributed by atoms with Crippen molar-refractivity contribution in [1.29, 1.82) is 0 Å². The van der Waals surface area contributed by atoms with Crippen LogP contribution in [0.2, 0.25) is 0 Å². The fraction of sp³-hybridized carbons (Fsp3) is 0.211. The topological polar surface area (TPSA) is 64.9 Å². The van der Waals surface area contributed by atoms with Crippen LogP contribution in [0, 0.1) is 6.92 Å². The summed E-state index contributed by atoms with van der Waals surface area (Å²) >= 11 is 0. The highest BCUT2D eigenvalue weighted by atomic mass is 16.5. The van der Waals surface area contributed by atoms with Crippen LogP contribution in [0.3, 0.4) is 0 Å². The van der Waals surface area contributed by atoms with E-state index in [9.17, 15) is 0 Å². The van der Waals surface area contributed by atoms with Crippen LogP contribution in [0.1, 0.15) is 11.4 Å². The Balaban J connectivity index is 1.67. The van der Waals surface area contributed by atoms with Crippen LogP contribution >= 0.6 is 0 Å². The van der Waals surface area contributed by atoms with Crippen molar-refractivity contribution in [2.75, 3.05) is 11.9 Å². The minimum atomic E-state index is 0.561. The van der Waals surface area contributed by atoms with Crippen LogP contribution in [-0.4, -0.2) is 26.1 Å². The van der Waals surface area contributed by atoms with E-state index >= 15 is 0 Å². The van der Waals surface area contributed by atoms with Gasteiger partial charge in [0.15, 0.2) is 0 Å². The molecule has 0 bridgehead atoms. The Hall–Kier alpha value is -2.99. The van der Waals surface area contributed by atoms with E-state index in [4.69, 9.17) is 9.72 Å². The Morgan fingerprint density at radius 1 is 1.12 bits per heavy atom. The van der Waals surface area contributed by atoms with E-state index in [1.165, 1.54) is 5.56 Å². The molecule has 5 rings (SSSR count). The van der Waals surface area contributed by atoms with Crippen LogP contribution in [0.5, 0.6) is 0 Å². The molecule has 0 saturated carbocycles. The lowest BCUT2D eigenvalue weighted by Crippen LogP contribution is -2.16. The van der Waals surface area contributed by atoms with Gasteiger partial charge >= 0.3 is 0 Å². The molecule has 2 aromatic carbocycles. The number of fused-ring (bicyclic) bond motifs is 4. The first-order valence-corrected chi connectivity index (χ1v) is 8.33. The predicted octanol–water partition coefficient (Wildman–Crippen LogP) is 3.56. The smallest absolute Gasteiger partial charge is 0.141 e. The standard InChI is InChI=1S/C19H17N5O/c1-12-3-2-4-13(7-12)22-19-14-8-16-17(9-15(14)20-11-21-19)24-5-6-25-10-18(24)23-16/h2-4,7-9,11H,5-6,10H2,1H3,(H,20,21,22). The fourth-order valence-electron chi connectivity index (χ4n) is 3.36. The first-order chi connectivity index (χ1) is 12.3. The summed E-state index contributed by atoms with van der Waals surface area (Å²) in [5, 5.41) is 4.37. The van der Waals surface area contributed by atoms with E-state index < -0.39 is 0 Å². The molecule has 4 aromatic rings. The summed E-state index contributed by atoms with van der Waals surface area (Å²) in [4.78, 5) is 13.6. The van der Waals surface area contributed by atoms with Crippen LogP contribution in [0.25, 0.3) is 21.9 Å². The number of ether oxygens (including phenoxy) is 1. The molecule has 1 aliphatic rings. The third-order valence-corrected chi connectivity index (χ3v) is 4.55. The number of aryl methyl sites for hydroxylation is 1. The molecule has 0 atom stereocenters. The van der Waals surface area contributed by atoms with Crippen LogP contribution in [-0.2, 0) is 17.9 Å². The van der Waals surface area contributed by atoms with E-state index in [2.05, 4.69) is 51.0 Å². The molecule has 124 valence electrons. The summed E-state index contributed by atoms with van der Waals surface area (Å²) < 4.78 is 7.73. The molecule has 0 radical (unpaired) electrons. The van der Waals surface area contributed by atoms with Crippen molar-refractivity contribution in [3.05, 3.63) is 54.1 Å². The third kappa shape index (κ3) is 2.42. The zero-order valence-corrected chi connectivity index (χ0v) is 13.9. The van der Waals surface area contributed by atoms with Crippen molar-refractivity contribution >= 4 is 33.4 Å². The second-order valence-electron chi connectivity index (χ2n) is 6.31. The van der Waals surface area contributed by atoms with Gasteiger partial charge in [-0.25, -0.2) is 15.0 Å². The molecule has 0 spiro atoms. The van der Waals surface area contributed by atoms with Gasteiger partial charge in [-0.3, -0.25) is 0 Å². The van der Waals surface area contributed by atoms with Gasteiger partial charge in [0.25, 0.3) is 0 Å². The summed E-state index contributed by atoms with van der Waals surface area (Å²) in [7, 11) is 0. The monoisotopic (exact) mass is 331 g/mol. The number of anilines is 2. The molecule has 1 N–H and O–H groups in total. The summed E-state index contributed by atoms with van der Waals surface area (Å²) in [6.45, 7) is 4.19. The Morgan fingerprint density at radius 3 is 3.00 bits per heavy atom. The van der Waals surface area contributed by atoms with Gasteiger partial charge in [-0.15, -0.1) is 0 Å². The van der Waals surface area contributed by atoms with Gasteiger partial charge in [-0.1, -0.05) is 12.1 Å². The number of aromatic nitrogens is 4. The van der Waals surface area contributed by atoms with E-state index in [0.29, 0.717) is 6.61 Å². The largest absolute Gasteiger partial charge is 0.372 e. The number of nitrogens with zero attached hydrogens (tertiary/aromatic N) is 4. The van der Waals surface area contributed by atoms with Crippen molar-refractivity contribution in [2.45, 2.75) is 20.1 Å². The normalized spacial score (nSPS) is 14.0. The Labute approximate surface area is 144 Å². The highest BCUT2D eigenvalue weighted by Crippen LogP contribution is 2.29. The van der Waals surface area contributed by atoms with E-state index in [0.717, 1.165) is 52.4 Å². The molecule has 0 amide bonds. The van der Waals surface area contributed by atoms with E-state index in [-0.39, 0.29) is 0 Å². The molecular formula is C19H17N5O. The summed E-state index contributed by atoms with van der Waals surface area (Å²) in [6.07, 6.45) is 1.60. The molecule has 1 aliphatic heterocycles. The van der Waals surface area contributed by atoms with Gasteiger partial charge in [0.2, 0.25) is 0 Å². The minimum absolute atomic E-state index is 0.561. The predicted molar refractivity (Wildman–Crippen MR) is 96.9 cm³/mol. The van der Waals surface area contributed by atoms with Crippen molar-refractivity contribution in [3.63, 3.8) is 0 Å². The molecule has 6 nitrogen and oxygen atoms in total. The lowest BCUT2D eigenvalue weighted by atomic mass is 10.2. The number of rotatable bonds is 2. The maximum absolute atomic E-state index is 5.51. The molecule has 2 aromatic heterocycles. The number of imidazole rings is 1. The van der Waals surface area contributed by atoms with Crippen LogP contribution in [0.4, 0.5) is 11.5 Å². The lowest BCUT2D eigenvalue weighted by Gasteiger charge is -2.15. The second kappa shape index (κ2) is 5.53. The second-order valence-corrected chi connectivity index (χ2v) is 6.31. The molecule has 6 heteroatoms. The van der Waals surface area contributed by atoms with Crippen molar-refractivity contribution in [3.8, 4) is 0 Å². The average Bonchev–Trinajstić information content (AvgIpc) is 2.98. The maximum atomic E-state index is 5.51. The van der Waals surface area contributed by atoms with Crippen LogP contribution in [0.15, 0.2) is 42.7 Å². The van der Waals surface area contributed by atoms with Crippen molar-refractivity contribution in [1.82, 2.24) is 19.5 Å². The van der Waals surface area contributed by atoms with Crippen LogP contribution < -0.4 is 5.32 Å². The number of hydrogen-bond donors (Lipinski definition) is 1. The Morgan fingerprint density at radius 2 is 2.08 bits per heavy atom. The third-order valence-electron chi connectivity index (χ3n) is 4.55. The number of hydrogen-bond acceptors (Lipinski definition) is 5. The first kappa shape index (κ1) is 14.4.